The van der Waals surface area contributed by atoms with E-state index in [2.05, 4.69) is 42.8 Å². The molecule has 2 unspecified atom stereocenters. The van der Waals surface area contributed by atoms with Gasteiger partial charge in [-0.1, -0.05) is 44.2 Å². The van der Waals surface area contributed by atoms with Crippen LogP contribution in [-0.4, -0.2) is 67.1 Å². The van der Waals surface area contributed by atoms with Crippen LogP contribution >= 0.6 is 0 Å². The predicted molar refractivity (Wildman–Crippen MR) is 141 cm³/mol. The highest BCUT2D eigenvalue weighted by Gasteiger charge is 2.61. The molecule has 1 amide bonds. The van der Waals surface area contributed by atoms with Gasteiger partial charge >= 0.3 is 5.97 Å². The number of likely N-dealkylation sites (N-methyl/N-ethyl adjacent to an activating group) is 1. The predicted octanol–water partition coefficient (Wildman–Crippen LogP) is 4.92. The summed E-state index contributed by atoms with van der Waals surface area (Å²) in [5, 5.41) is 0. The van der Waals surface area contributed by atoms with Crippen LogP contribution in [0.15, 0.2) is 54.6 Å². The van der Waals surface area contributed by atoms with Gasteiger partial charge in [-0.25, -0.2) is 0 Å². The SMILES string of the molecule is COc1cccc(C23CCN(C)CC2(OC(C)=O)CC[C@@H](N(CC(C)C)C(=O)c2ccccc2)C3)c1. The number of carbonyl (C=O) groups is 2. The smallest absolute Gasteiger partial charge is 0.303 e. The van der Waals surface area contributed by atoms with Crippen molar-refractivity contribution in [3.63, 3.8) is 0 Å². The van der Waals surface area contributed by atoms with Crippen molar-refractivity contribution in [2.45, 2.75) is 63.5 Å². The zero-order chi connectivity index (χ0) is 25.9. The number of piperidine rings is 1. The van der Waals surface area contributed by atoms with Crippen molar-refractivity contribution in [3.8, 4) is 5.75 Å². The fourth-order valence-corrected chi connectivity index (χ4v) is 6.49. The first kappa shape index (κ1) is 26.2. The van der Waals surface area contributed by atoms with E-state index in [-0.39, 0.29) is 17.9 Å². The van der Waals surface area contributed by atoms with Crippen LogP contribution in [0.1, 0.15) is 62.4 Å². The first-order chi connectivity index (χ1) is 17.2. The highest BCUT2D eigenvalue weighted by Crippen LogP contribution is 2.54. The van der Waals surface area contributed by atoms with Gasteiger partial charge in [-0.05, 0) is 75.0 Å². The number of methoxy groups -OCH3 is 1. The van der Waals surface area contributed by atoms with Crippen LogP contribution < -0.4 is 4.74 Å². The van der Waals surface area contributed by atoms with Gasteiger partial charge in [0.2, 0.25) is 0 Å². The lowest BCUT2D eigenvalue weighted by atomic mass is 9.55. The molecule has 2 aromatic rings. The normalized spacial score (nSPS) is 26.2. The van der Waals surface area contributed by atoms with Crippen molar-refractivity contribution in [3.05, 3.63) is 65.7 Å². The Morgan fingerprint density at radius 2 is 1.86 bits per heavy atom. The molecule has 1 aliphatic heterocycles. The van der Waals surface area contributed by atoms with Gasteiger partial charge in [0.1, 0.15) is 11.4 Å². The summed E-state index contributed by atoms with van der Waals surface area (Å²) in [4.78, 5) is 30.6. The van der Waals surface area contributed by atoms with Crippen molar-refractivity contribution in [1.29, 1.82) is 0 Å². The number of benzene rings is 2. The molecule has 1 heterocycles. The lowest BCUT2D eigenvalue weighted by Crippen LogP contribution is -2.68. The van der Waals surface area contributed by atoms with Crippen LogP contribution in [0.2, 0.25) is 0 Å². The van der Waals surface area contributed by atoms with Crippen molar-refractivity contribution in [1.82, 2.24) is 9.80 Å². The lowest BCUT2D eigenvalue weighted by Gasteiger charge is -2.60. The third-order valence-electron chi connectivity index (χ3n) is 8.03. The zero-order valence-corrected chi connectivity index (χ0v) is 22.3. The van der Waals surface area contributed by atoms with E-state index in [0.717, 1.165) is 37.1 Å². The molecule has 36 heavy (non-hydrogen) atoms. The number of hydrogen-bond acceptors (Lipinski definition) is 5. The van der Waals surface area contributed by atoms with E-state index in [1.165, 1.54) is 6.92 Å². The molecular weight excluding hydrogens is 452 g/mol. The minimum absolute atomic E-state index is 0.0402. The van der Waals surface area contributed by atoms with E-state index < -0.39 is 11.0 Å². The number of fused-ring (bicyclic) bond motifs is 1. The van der Waals surface area contributed by atoms with E-state index in [4.69, 9.17) is 9.47 Å². The first-order valence-corrected chi connectivity index (χ1v) is 13.1. The third kappa shape index (κ3) is 5.01. The monoisotopic (exact) mass is 492 g/mol. The number of hydrogen-bond donors (Lipinski definition) is 0. The molecule has 2 fully saturated rings. The Morgan fingerprint density at radius 3 is 2.53 bits per heavy atom. The minimum Gasteiger partial charge on any atom is -0.497 e. The molecular formula is C30H40N2O4. The van der Waals surface area contributed by atoms with Crippen LogP contribution in [0.5, 0.6) is 5.75 Å². The number of likely N-dealkylation sites (tertiary alicyclic amines) is 1. The molecule has 0 N–H and O–H groups in total. The summed E-state index contributed by atoms with van der Waals surface area (Å²) < 4.78 is 11.9. The molecule has 0 bridgehead atoms. The fourth-order valence-electron chi connectivity index (χ4n) is 6.49. The van der Waals surface area contributed by atoms with E-state index in [0.29, 0.717) is 31.0 Å². The Balaban J connectivity index is 1.81. The Morgan fingerprint density at radius 1 is 1.11 bits per heavy atom. The van der Waals surface area contributed by atoms with Gasteiger partial charge in [0, 0.05) is 37.0 Å². The summed E-state index contributed by atoms with van der Waals surface area (Å²) in [6.45, 7) is 8.08. The summed E-state index contributed by atoms with van der Waals surface area (Å²) in [6.07, 6.45) is 3.08. The molecule has 194 valence electrons. The average Bonchev–Trinajstić information content (AvgIpc) is 2.86. The van der Waals surface area contributed by atoms with Gasteiger partial charge in [0.25, 0.3) is 5.91 Å². The molecule has 1 saturated carbocycles. The quantitative estimate of drug-likeness (QED) is 0.514. The molecule has 1 aliphatic carbocycles. The number of ether oxygens (including phenoxy) is 2. The van der Waals surface area contributed by atoms with Gasteiger partial charge < -0.3 is 19.3 Å². The van der Waals surface area contributed by atoms with Crippen molar-refractivity contribution in [2.24, 2.45) is 5.92 Å². The highest BCUT2D eigenvalue weighted by atomic mass is 16.6. The Hall–Kier alpha value is -2.86. The summed E-state index contributed by atoms with van der Waals surface area (Å²) in [6, 6.07) is 17.8. The lowest BCUT2D eigenvalue weighted by molar-refractivity contribution is -0.187. The van der Waals surface area contributed by atoms with Gasteiger partial charge in [-0.2, -0.15) is 0 Å². The molecule has 0 radical (unpaired) electrons. The molecule has 4 rings (SSSR count). The first-order valence-electron chi connectivity index (χ1n) is 13.1. The second-order valence-corrected chi connectivity index (χ2v) is 11.0. The Kier molecular flexibility index (Phi) is 7.74. The van der Waals surface area contributed by atoms with Gasteiger partial charge in [-0.3, -0.25) is 9.59 Å². The topological polar surface area (TPSA) is 59.1 Å². The number of carbonyl (C=O) groups excluding carboxylic acids is 2. The number of esters is 1. The maximum Gasteiger partial charge on any atom is 0.303 e. The van der Waals surface area contributed by atoms with Crippen LogP contribution in [-0.2, 0) is 14.9 Å². The van der Waals surface area contributed by atoms with Gasteiger partial charge in [-0.15, -0.1) is 0 Å². The van der Waals surface area contributed by atoms with Gasteiger partial charge in [0.05, 0.1) is 7.11 Å². The largest absolute Gasteiger partial charge is 0.497 e. The maximum atomic E-state index is 13.8. The summed E-state index contributed by atoms with van der Waals surface area (Å²) in [7, 11) is 3.77. The average molecular weight is 493 g/mol. The number of rotatable bonds is 7. The standard InChI is InChI=1S/C30H40N2O4/c1-22(2)20-32(28(34)24-10-7-6-8-11-24)26-14-15-30(36-23(3)33)21-31(4)17-16-29(30,19-26)25-12-9-13-27(18-25)35-5/h6-13,18,22,26H,14-17,19-21H2,1-5H3/t26-,29?,30?/m1/s1. The molecule has 3 atom stereocenters. The number of amides is 1. The summed E-state index contributed by atoms with van der Waals surface area (Å²) in [5.41, 5.74) is 0.759. The van der Waals surface area contributed by atoms with Crippen molar-refractivity contribution >= 4 is 11.9 Å². The molecule has 2 aliphatic rings. The Labute approximate surface area is 215 Å². The molecule has 6 heteroatoms. The van der Waals surface area contributed by atoms with Crippen molar-refractivity contribution in [2.75, 3.05) is 33.8 Å². The summed E-state index contributed by atoms with van der Waals surface area (Å²) >= 11 is 0. The molecule has 6 nitrogen and oxygen atoms in total. The van der Waals surface area contributed by atoms with Crippen molar-refractivity contribution < 1.29 is 19.1 Å². The van der Waals surface area contributed by atoms with E-state index in [1.807, 2.05) is 42.5 Å². The maximum absolute atomic E-state index is 13.8. The third-order valence-corrected chi connectivity index (χ3v) is 8.03. The zero-order valence-electron chi connectivity index (χ0n) is 22.3. The molecule has 0 spiro atoms. The second kappa shape index (κ2) is 10.6. The van der Waals surface area contributed by atoms with Crippen LogP contribution in [0, 0.1) is 5.92 Å². The van der Waals surface area contributed by atoms with Crippen LogP contribution in [0.3, 0.4) is 0 Å². The fraction of sp³-hybridized carbons (Fsp3) is 0.533. The van der Waals surface area contributed by atoms with Crippen LogP contribution in [0.25, 0.3) is 0 Å². The Bertz CT molecular complexity index is 1070. The number of nitrogens with zero attached hydrogens (tertiary/aromatic N) is 2. The summed E-state index contributed by atoms with van der Waals surface area (Å²) in [5.74, 6) is 0.945. The van der Waals surface area contributed by atoms with E-state index in [1.54, 1.807) is 7.11 Å². The van der Waals surface area contributed by atoms with Crippen LogP contribution in [0.4, 0.5) is 0 Å². The van der Waals surface area contributed by atoms with E-state index in [9.17, 15) is 9.59 Å². The minimum atomic E-state index is -0.659. The molecule has 2 aromatic carbocycles. The van der Waals surface area contributed by atoms with E-state index >= 15 is 0 Å². The van der Waals surface area contributed by atoms with Gasteiger partial charge in [0.15, 0.2) is 0 Å². The highest BCUT2D eigenvalue weighted by molar-refractivity contribution is 5.94. The molecule has 1 saturated heterocycles. The second-order valence-electron chi connectivity index (χ2n) is 11.0. The molecule has 0 aromatic heterocycles.